The number of rotatable bonds is 4. The lowest BCUT2D eigenvalue weighted by Crippen LogP contribution is -2.21. The number of carbonyl (C=O) groups excluding carboxylic acids is 2. The van der Waals surface area contributed by atoms with Crippen LogP contribution in [-0.4, -0.2) is 23.5 Å². The van der Waals surface area contributed by atoms with Gasteiger partial charge in [-0.3, -0.25) is 4.79 Å². The molecule has 3 aromatic rings. The fourth-order valence-electron chi connectivity index (χ4n) is 3.47. The van der Waals surface area contributed by atoms with E-state index < -0.39 is 18.5 Å². The van der Waals surface area contributed by atoms with Crippen molar-refractivity contribution < 1.29 is 14.3 Å². The maximum Gasteiger partial charge on any atom is 0.339 e. The number of carbonyl (C=O) groups is 2. The van der Waals surface area contributed by atoms with Gasteiger partial charge in [0.25, 0.3) is 5.91 Å². The zero-order valence-corrected chi connectivity index (χ0v) is 14.6. The van der Waals surface area contributed by atoms with Gasteiger partial charge in [0.15, 0.2) is 6.61 Å². The minimum absolute atomic E-state index is 0.434. The summed E-state index contributed by atoms with van der Waals surface area (Å²) in [6.45, 7) is -0.434. The smallest absolute Gasteiger partial charge is 0.339 e. The van der Waals surface area contributed by atoms with Crippen molar-refractivity contribution in [3.63, 3.8) is 0 Å². The minimum Gasteiger partial charge on any atom is -0.452 e. The Labute approximate surface area is 156 Å². The molecular weight excluding hydrogens is 340 g/mol. The summed E-state index contributed by atoms with van der Waals surface area (Å²) >= 11 is 0. The van der Waals surface area contributed by atoms with E-state index >= 15 is 0 Å². The van der Waals surface area contributed by atoms with E-state index in [9.17, 15) is 9.59 Å². The van der Waals surface area contributed by atoms with E-state index in [-0.39, 0.29) is 0 Å². The molecule has 27 heavy (non-hydrogen) atoms. The molecule has 134 valence electrons. The van der Waals surface area contributed by atoms with Crippen LogP contribution in [0.15, 0.2) is 54.6 Å². The number of para-hydroxylation sites is 1. The second-order valence-electron chi connectivity index (χ2n) is 6.45. The number of nitrogens with zero attached hydrogens (tertiary/aromatic N) is 1. The van der Waals surface area contributed by atoms with Crippen LogP contribution < -0.4 is 5.73 Å². The Hall–Kier alpha value is -3.47. The molecular formula is C22H18N2O3. The largest absolute Gasteiger partial charge is 0.452 e. The second kappa shape index (κ2) is 7.03. The van der Waals surface area contributed by atoms with Gasteiger partial charge < -0.3 is 10.5 Å². The molecule has 0 radical (unpaired) electrons. The monoisotopic (exact) mass is 358 g/mol. The number of hydrogen-bond donors (Lipinski definition) is 1. The Morgan fingerprint density at radius 3 is 2.56 bits per heavy atom. The lowest BCUT2D eigenvalue weighted by Gasteiger charge is -2.11. The highest BCUT2D eigenvalue weighted by Gasteiger charge is 2.27. The van der Waals surface area contributed by atoms with Crippen LogP contribution in [0.4, 0.5) is 0 Å². The molecule has 0 aliphatic heterocycles. The quantitative estimate of drug-likeness (QED) is 0.725. The van der Waals surface area contributed by atoms with Gasteiger partial charge in [0.1, 0.15) is 0 Å². The fourth-order valence-corrected chi connectivity index (χ4v) is 3.47. The van der Waals surface area contributed by atoms with E-state index in [2.05, 4.69) is 6.08 Å². The summed E-state index contributed by atoms with van der Waals surface area (Å²) < 4.78 is 5.12. The van der Waals surface area contributed by atoms with Gasteiger partial charge in [-0.15, -0.1) is 0 Å². The molecule has 1 heterocycles. The second-order valence-corrected chi connectivity index (χ2v) is 6.45. The summed E-state index contributed by atoms with van der Waals surface area (Å²) in [5, 5.41) is 0.728. The number of allylic oxidation sites excluding steroid dienone is 1. The standard InChI is InChI=1S/C22H18N2O3/c23-19(25)13-27-22(26)20-16-8-4-5-9-18(16)24-21-15(10-11-17(20)21)12-14-6-2-1-3-7-14/h1-9,12H,10-11,13H2,(H2,23,25)/b15-12-. The summed E-state index contributed by atoms with van der Waals surface area (Å²) in [6.07, 6.45) is 3.60. The zero-order valence-electron chi connectivity index (χ0n) is 14.6. The average molecular weight is 358 g/mol. The maximum atomic E-state index is 12.7. The van der Waals surface area contributed by atoms with Crippen molar-refractivity contribution >= 4 is 34.4 Å². The lowest BCUT2D eigenvalue weighted by molar-refractivity contribution is -0.121. The number of fused-ring (bicyclic) bond motifs is 2. The van der Waals surface area contributed by atoms with Crippen molar-refractivity contribution in [2.45, 2.75) is 12.8 Å². The molecule has 2 aromatic carbocycles. The molecule has 0 atom stereocenters. The van der Waals surface area contributed by atoms with Crippen LogP contribution in [0.5, 0.6) is 0 Å². The van der Waals surface area contributed by atoms with Gasteiger partial charge in [-0.2, -0.15) is 0 Å². The lowest BCUT2D eigenvalue weighted by atomic mass is 10.0. The maximum absolute atomic E-state index is 12.7. The molecule has 0 unspecified atom stereocenters. The predicted molar refractivity (Wildman–Crippen MR) is 104 cm³/mol. The highest BCUT2D eigenvalue weighted by atomic mass is 16.5. The van der Waals surface area contributed by atoms with E-state index in [1.54, 1.807) is 0 Å². The van der Waals surface area contributed by atoms with Crippen LogP contribution in [0.3, 0.4) is 0 Å². The Morgan fingerprint density at radius 2 is 1.78 bits per heavy atom. The number of nitrogens with two attached hydrogens (primary N) is 1. The number of hydrogen-bond acceptors (Lipinski definition) is 4. The van der Waals surface area contributed by atoms with Crippen LogP contribution in [0.2, 0.25) is 0 Å². The van der Waals surface area contributed by atoms with Crippen LogP contribution in [-0.2, 0) is 16.0 Å². The molecule has 4 rings (SSSR count). The SMILES string of the molecule is NC(=O)COC(=O)c1c2c(nc3ccccc13)/C(=C\c1ccccc1)CC2. The molecule has 1 amide bonds. The molecule has 1 aliphatic carbocycles. The van der Waals surface area contributed by atoms with E-state index in [0.29, 0.717) is 12.0 Å². The first kappa shape index (κ1) is 17.0. The highest BCUT2D eigenvalue weighted by Crippen LogP contribution is 2.37. The summed E-state index contributed by atoms with van der Waals surface area (Å²) in [5.41, 5.74) is 10.2. The number of primary amides is 1. The van der Waals surface area contributed by atoms with Crippen molar-refractivity contribution in [1.29, 1.82) is 0 Å². The van der Waals surface area contributed by atoms with Crippen molar-refractivity contribution in [2.75, 3.05) is 6.61 Å². The van der Waals surface area contributed by atoms with Crippen LogP contribution in [0.1, 0.15) is 33.6 Å². The number of benzene rings is 2. The normalized spacial score (nSPS) is 14.3. The Kier molecular flexibility index (Phi) is 4.42. The zero-order chi connectivity index (χ0) is 18.8. The molecule has 5 heteroatoms. The molecule has 0 fully saturated rings. The third kappa shape index (κ3) is 3.31. The predicted octanol–water partition coefficient (Wildman–Crippen LogP) is 3.36. The summed E-state index contributed by atoms with van der Waals surface area (Å²) in [6, 6.07) is 17.5. The van der Waals surface area contributed by atoms with Gasteiger partial charge in [-0.05, 0) is 41.7 Å². The first-order valence-corrected chi connectivity index (χ1v) is 8.76. The van der Waals surface area contributed by atoms with Crippen LogP contribution in [0.25, 0.3) is 22.6 Å². The fraction of sp³-hybridized carbons (Fsp3) is 0.136. The van der Waals surface area contributed by atoms with Gasteiger partial charge in [0.05, 0.1) is 16.8 Å². The Bertz CT molecular complexity index is 1070. The summed E-state index contributed by atoms with van der Waals surface area (Å²) in [5.74, 6) is -1.22. The topological polar surface area (TPSA) is 82.3 Å². The molecule has 0 saturated carbocycles. The minimum atomic E-state index is -0.678. The van der Waals surface area contributed by atoms with Crippen molar-refractivity contribution in [1.82, 2.24) is 4.98 Å². The van der Waals surface area contributed by atoms with Gasteiger partial charge in [0.2, 0.25) is 0 Å². The average Bonchev–Trinajstić information content (AvgIpc) is 3.07. The van der Waals surface area contributed by atoms with E-state index in [1.165, 1.54) is 0 Å². The third-order valence-corrected chi connectivity index (χ3v) is 4.63. The van der Waals surface area contributed by atoms with Crippen molar-refractivity contribution in [3.8, 4) is 0 Å². The number of esters is 1. The van der Waals surface area contributed by atoms with E-state index in [1.807, 2.05) is 54.6 Å². The first-order valence-electron chi connectivity index (χ1n) is 8.76. The number of pyridine rings is 1. The Balaban J connectivity index is 1.85. The molecule has 5 nitrogen and oxygen atoms in total. The van der Waals surface area contributed by atoms with Gasteiger partial charge >= 0.3 is 5.97 Å². The third-order valence-electron chi connectivity index (χ3n) is 4.63. The summed E-state index contributed by atoms with van der Waals surface area (Å²) in [4.78, 5) is 28.5. The number of ether oxygens (including phenoxy) is 1. The molecule has 1 aromatic heterocycles. The van der Waals surface area contributed by atoms with Gasteiger partial charge in [-0.1, -0.05) is 48.5 Å². The van der Waals surface area contributed by atoms with Crippen molar-refractivity contribution in [2.24, 2.45) is 5.73 Å². The number of aromatic nitrogens is 1. The number of amides is 1. The van der Waals surface area contributed by atoms with Gasteiger partial charge in [-0.25, -0.2) is 9.78 Å². The van der Waals surface area contributed by atoms with Gasteiger partial charge in [0, 0.05) is 5.39 Å². The molecule has 0 bridgehead atoms. The van der Waals surface area contributed by atoms with Crippen LogP contribution in [0, 0.1) is 0 Å². The molecule has 0 spiro atoms. The summed E-state index contributed by atoms with van der Waals surface area (Å²) in [7, 11) is 0. The molecule has 2 N–H and O–H groups in total. The van der Waals surface area contributed by atoms with Crippen LogP contribution >= 0.6 is 0 Å². The van der Waals surface area contributed by atoms with E-state index in [0.717, 1.165) is 39.7 Å². The van der Waals surface area contributed by atoms with Crippen molar-refractivity contribution in [3.05, 3.63) is 77.0 Å². The highest BCUT2D eigenvalue weighted by molar-refractivity contribution is 6.07. The van der Waals surface area contributed by atoms with E-state index in [4.69, 9.17) is 15.5 Å². The molecule has 0 saturated heterocycles. The first-order chi connectivity index (χ1) is 13.1. The molecule has 1 aliphatic rings. The Morgan fingerprint density at radius 1 is 1.04 bits per heavy atom.